The van der Waals surface area contributed by atoms with Gasteiger partial charge in [0.05, 0.1) is 16.6 Å². The molecule has 0 aromatic carbocycles. The first-order chi connectivity index (χ1) is 16.1. The second-order valence-corrected chi connectivity index (χ2v) is 10.5. The first-order valence-corrected chi connectivity index (χ1v) is 12.7. The molecule has 0 spiro atoms. The number of carbonyl (C=O) groups is 1. The normalized spacial score (nSPS) is 21.4. The maximum absolute atomic E-state index is 13.5. The monoisotopic (exact) mass is 460 g/mol. The molecule has 2 aliphatic rings. The first-order valence-electron chi connectivity index (χ1n) is 11.8. The van der Waals surface area contributed by atoms with Crippen molar-refractivity contribution >= 4 is 38.9 Å². The molecule has 170 valence electrons. The van der Waals surface area contributed by atoms with Gasteiger partial charge in [-0.1, -0.05) is 13.0 Å². The number of fused-ring (bicyclic) bond motifs is 2. The summed E-state index contributed by atoms with van der Waals surface area (Å²) >= 11 is 1.47. The van der Waals surface area contributed by atoms with Crippen LogP contribution in [0.3, 0.4) is 0 Å². The van der Waals surface area contributed by atoms with Crippen LogP contribution in [0.1, 0.15) is 59.6 Å². The minimum Gasteiger partial charge on any atom is -0.356 e. The Balaban J connectivity index is 1.33. The number of carbonyl (C=O) groups excluding carboxylic acids is 1. The van der Waals surface area contributed by atoms with Gasteiger partial charge in [-0.05, 0) is 50.7 Å². The topological polar surface area (TPSA) is 66.6 Å². The summed E-state index contributed by atoms with van der Waals surface area (Å²) in [5.74, 6) is 1.84. The average molecular weight is 461 g/mol. The van der Waals surface area contributed by atoms with Gasteiger partial charge in [0.1, 0.15) is 10.6 Å². The van der Waals surface area contributed by atoms with Gasteiger partial charge >= 0.3 is 0 Å². The molecule has 0 aliphatic carbocycles. The second kappa shape index (κ2) is 8.09. The Hall–Kier alpha value is -3.00. The van der Waals surface area contributed by atoms with Crippen LogP contribution in [-0.4, -0.2) is 50.0 Å². The molecule has 4 aromatic rings. The smallest absolute Gasteiger partial charge is 0.264 e. The fraction of sp³-hybridized carbons (Fsp3) is 0.440. The molecule has 2 aliphatic heterocycles. The van der Waals surface area contributed by atoms with E-state index in [4.69, 9.17) is 10.1 Å². The SMILES string of the molecule is Cc1cn2nc([C@@H]3CCCCN3C(=O)c3cc4cccnc4s3)cc2nc1N1CC[C@H](C)C1. The largest absolute Gasteiger partial charge is 0.356 e. The van der Waals surface area contributed by atoms with Crippen molar-refractivity contribution < 1.29 is 4.79 Å². The van der Waals surface area contributed by atoms with Crippen molar-refractivity contribution in [1.29, 1.82) is 0 Å². The van der Waals surface area contributed by atoms with E-state index in [2.05, 4.69) is 36.0 Å². The van der Waals surface area contributed by atoms with Gasteiger partial charge in [0.15, 0.2) is 5.65 Å². The molecule has 2 atom stereocenters. The summed E-state index contributed by atoms with van der Waals surface area (Å²) in [5.41, 5.74) is 2.93. The molecule has 0 bridgehead atoms. The van der Waals surface area contributed by atoms with Crippen LogP contribution in [0.4, 0.5) is 5.82 Å². The van der Waals surface area contributed by atoms with Crippen molar-refractivity contribution in [2.75, 3.05) is 24.5 Å². The molecule has 0 unspecified atom stereocenters. The molecule has 4 aromatic heterocycles. The van der Waals surface area contributed by atoms with Crippen molar-refractivity contribution in [2.45, 2.75) is 45.6 Å². The van der Waals surface area contributed by atoms with E-state index in [0.29, 0.717) is 5.92 Å². The number of amides is 1. The lowest BCUT2D eigenvalue weighted by Crippen LogP contribution is -2.38. The van der Waals surface area contributed by atoms with Crippen LogP contribution in [-0.2, 0) is 0 Å². The molecule has 1 amide bonds. The van der Waals surface area contributed by atoms with Crippen molar-refractivity contribution in [3.8, 4) is 0 Å². The third-order valence-corrected chi connectivity index (χ3v) is 8.00. The number of hydrogen-bond donors (Lipinski definition) is 0. The Labute approximate surface area is 197 Å². The number of rotatable bonds is 3. The van der Waals surface area contributed by atoms with Crippen LogP contribution in [0.15, 0.2) is 36.7 Å². The first kappa shape index (κ1) is 20.6. The Morgan fingerprint density at radius 2 is 2.09 bits per heavy atom. The molecule has 2 fully saturated rings. The highest BCUT2D eigenvalue weighted by atomic mass is 32.1. The number of likely N-dealkylation sites (tertiary alicyclic amines) is 1. The van der Waals surface area contributed by atoms with Gasteiger partial charge in [0.25, 0.3) is 5.91 Å². The zero-order valence-corrected chi connectivity index (χ0v) is 19.9. The van der Waals surface area contributed by atoms with E-state index < -0.39 is 0 Å². The predicted molar refractivity (Wildman–Crippen MR) is 131 cm³/mol. The summed E-state index contributed by atoms with van der Waals surface area (Å²) in [6, 6.07) is 7.94. The number of piperidine rings is 1. The summed E-state index contributed by atoms with van der Waals surface area (Å²) in [4.78, 5) is 29.0. The van der Waals surface area contributed by atoms with Gasteiger partial charge in [0, 0.05) is 49.0 Å². The lowest BCUT2D eigenvalue weighted by Gasteiger charge is -2.34. The van der Waals surface area contributed by atoms with E-state index >= 15 is 0 Å². The van der Waals surface area contributed by atoms with Crippen LogP contribution in [0.2, 0.25) is 0 Å². The van der Waals surface area contributed by atoms with Gasteiger partial charge in [-0.15, -0.1) is 11.3 Å². The fourth-order valence-electron chi connectivity index (χ4n) is 5.23. The number of aryl methyl sites for hydroxylation is 1. The van der Waals surface area contributed by atoms with Gasteiger partial charge < -0.3 is 9.80 Å². The molecule has 2 saturated heterocycles. The zero-order chi connectivity index (χ0) is 22.5. The minimum atomic E-state index is -0.0262. The average Bonchev–Trinajstić information content (AvgIpc) is 3.55. The Bertz CT molecular complexity index is 1310. The number of thiophene rings is 1. The van der Waals surface area contributed by atoms with Crippen molar-refractivity contribution in [2.24, 2.45) is 5.92 Å². The van der Waals surface area contributed by atoms with E-state index in [-0.39, 0.29) is 11.9 Å². The van der Waals surface area contributed by atoms with Gasteiger partial charge in [-0.2, -0.15) is 5.10 Å². The number of nitrogens with zero attached hydrogens (tertiary/aromatic N) is 6. The van der Waals surface area contributed by atoms with E-state index in [1.54, 1.807) is 6.20 Å². The molecular formula is C25H28N6OS. The van der Waals surface area contributed by atoms with Gasteiger partial charge in [-0.3, -0.25) is 4.79 Å². The van der Waals surface area contributed by atoms with E-state index in [1.807, 2.05) is 27.6 Å². The summed E-state index contributed by atoms with van der Waals surface area (Å²) < 4.78 is 1.88. The summed E-state index contributed by atoms with van der Waals surface area (Å²) in [6.45, 7) is 7.27. The quantitative estimate of drug-likeness (QED) is 0.437. The third kappa shape index (κ3) is 3.66. The van der Waals surface area contributed by atoms with Crippen LogP contribution in [0, 0.1) is 12.8 Å². The zero-order valence-electron chi connectivity index (χ0n) is 19.1. The van der Waals surface area contributed by atoms with Crippen LogP contribution < -0.4 is 4.90 Å². The Morgan fingerprint density at radius 1 is 1.18 bits per heavy atom. The lowest BCUT2D eigenvalue weighted by atomic mass is 9.99. The molecule has 6 heterocycles. The van der Waals surface area contributed by atoms with Crippen molar-refractivity contribution in [1.82, 2.24) is 24.5 Å². The summed E-state index contributed by atoms with van der Waals surface area (Å²) in [7, 11) is 0. The summed E-state index contributed by atoms with van der Waals surface area (Å²) in [6.07, 6.45) is 8.11. The fourth-order valence-corrected chi connectivity index (χ4v) is 6.19. The molecule has 0 saturated carbocycles. The van der Waals surface area contributed by atoms with Crippen molar-refractivity contribution in [3.05, 3.63) is 52.8 Å². The number of aromatic nitrogens is 4. The second-order valence-electron chi connectivity index (χ2n) is 9.48. The van der Waals surface area contributed by atoms with Gasteiger partial charge in [0.2, 0.25) is 0 Å². The van der Waals surface area contributed by atoms with Crippen LogP contribution in [0.5, 0.6) is 0 Å². The number of anilines is 1. The van der Waals surface area contributed by atoms with E-state index in [1.165, 1.54) is 17.8 Å². The molecule has 0 radical (unpaired) electrons. The third-order valence-electron chi connectivity index (χ3n) is 6.96. The highest BCUT2D eigenvalue weighted by molar-refractivity contribution is 7.20. The molecule has 33 heavy (non-hydrogen) atoms. The highest BCUT2D eigenvalue weighted by Crippen LogP contribution is 2.34. The van der Waals surface area contributed by atoms with Crippen molar-refractivity contribution in [3.63, 3.8) is 0 Å². The standard InChI is InChI=1S/C25H28N6OS/c1-16-8-11-29(14-16)23-17(2)15-31-22(27-23)13-19(28-31)20-7-3-4-10-30(20)25(32)21-12-18-6-5-9-26-24(18)33-21/h5-6,9,12-13,15-16,20H,3-4,7-8,10-11,14H2,1-2H3/t16-,20-/m0/s1. The molecule has 7 nitrogen and oxygen atoms in total. The molecule has 0 N–H and O–H groups in total. The highest BCUT2D eigenvalue weighted by Gasteiger charge is 2.32. The van der Waals surface area contributed by atoms with Crippen LogP contribution >= 0.6 is 11.3 Å². The molecular weight excluding hydrogens is 432 g/mol. The van der Waals surface area contributed by atoms with E-state index in [9.17, 15) is 4.79 Å². The van der Waals surface area contributed by atoms with E-state index in [0.717, 1.165) is 76.7 Å². The Kier molecular flexibility index (Phi) is 5.05. The maximum Gasteiger partial charge on any atom is 0.264 e. The maximum atomic E-state index is 13.5. The Morgan fingerprint density at radius 3 is 2.91 bits per heavy atom. The molecule has 8 heteroatoms. The lowest BCUT2D eigenvalue weighted by molar-refractivity contribution is 0.0611. The number of hydrogen-bond acceptors (Lipinski definition) is 6. The minimum absolute atomic E-state index is 0.0262. The predicted octanol–water partition coefficient (Wildman–Crippen LogP) is 4.86. The number of pyridine rings is 1. The molecule has 6 rings (SSSR count). The summed E-state index contributed by atoms with van der Waals surface area (Å²) in [5, 5.41) is 5.91. The van der Waals surface area contributed by atoms with Gasteiger partial charge in [-0.25, -0.2) is 14.5 Å². The van der Waals surface area contributed by atoms with Crippen LogP contribution in [0.25, 0.3) is 15.9 Å².